The molecule has 1 amide bonds. The monoisotopic (exact) mass is 407 g/mol. The fraction of sp³-hybridized carbons (Fsp3) is 0.412. The first-order valence-electron chi connectivity index (χ1n) is 8.54. The van der Waals surface area contributed by atoms with Crippen LogP contribution in [0.4, 0.5) is 5.13 Å². The van der Waals surface area contributed by atoms with Gasteiger partial charge in [0.15, 0.2) is 16.1 Å². The van der Waals surface area contributed by atoms with Gasteiger partial charge < -0.3 is 9.88 Å². The van der Waals surface area contributed by atoms with Crippen molar-refractivity contribution in [2.75, 3.05) is 11.1 Å². The lowest BCUT2D eigenvalue weighted by atomic mass is 10.2. The highest BCUT2D eigenvalue weighted by Crippen LogP contribution is 2.28. The molecule has 3 heterocycles. The summed E-state index contributed by atoms with van der Waals surface area (Å²) in [7, 11) is 0. The zero-order chi connectivity index (χ0) is 18.4. The molecular formula is C17H21N5OS3. The molecule has 3 aromatic rings. The lowest BCUT2D eigenvalue weighted by Crippen LogP contribution is -2.14. The van der Waals surface area contributed by atoms with Gasteiger partial charge in [-0.05, 0) is 18.9 Å². The first-order chi connectivity index (χ1) is 12.7. The molecule has 9 heteroatoms. The van der Waals surface area contributed by atoms with E-state index in [1.54, 1.807) is 17.5 Å². The van der Waals surface area contributed by atoms with Crippen molar-refractivity contribution < 1.29 is 4.79 Å². The van der Waals surface area contributed by atoms with Crippen molar-refractivity contribution in [2.45, 2.75) is 44.8 Å². The number of nitrogens with one attached hydrogen (secondary N) is 1. The van der Waals surface area contributed by atoms with Crippen molar-refractivity contribution in [1.82, 2.24) is 19.7 Å². The summed E-state index contributed by atoms with van der Waals surface area (Å²) in [5.74, 6) is 1.08. The first kappa shape index (κ1) is 19.1. The Labute approximate surface area is 165 Å². The molecule has 0 atom stereocenters. The molecule has 3 aromatic heterocycles. The Morgan fingerprint density at radius 1 is 1.27 bits per heavy atom. The van der Waals surface area contributed by atoms with Crippen LogP contribution < -0.4 is 5.32 Å². The van der Waals surface area contributed by atoms with Crippen LogP contribution in [0.1, 0.15) is 31.6 Å². The maximum Gasteiger partial charge on any atom is 0.236 e. The number of amides is 1. The Kier molecular flexibility index (Phi) is 6.81. The van der Waals surface area contributed by atoms with Gasteiger partial charge in [-0.25, -0.2) is 4.98 Å². The molecule has 1 N–H and O–H groups in total. The number of hydrogen-bond donors (Lipinski definition) is 1. The molecule has 0 spiro atoms. The molecule has 0 radical (unpaired) electrons. The quantitative estimate of drug-likeness (QED) is 0.527. The van der Waals surface area contributed by atoms with Crippen molar-refractivity contribution in [3.05, 3.63) is 27.9 Å². The maximum absolute atomic E-state index is 12.1. The van der Waals surface area contributed by atoms with E-state index in [-0.39, 0.29) is 11.7 Å². The van der Waals surface area contributed by atoms with E-state index >= 15 is 0 Å². The van der Waals surface area contributed by atoms with Crippen LogP contribution in [0.25, 0.3) is 11.4 Å². The number of thioether (sulfide) groups is 1. The van der Waals surface area contributed by atoms with E-state index < -0.39 is 0 Å². The van der Waals surface area contributed by atoms with Crippen LogP contribution in [0.15, 0.2) is 28.2 Å². The minimum absolute atomic E-state index is 0.0849. The number of aromatic nitrogens is 4. The molecule has 26 heavy (non-hydrogen) atoms. The van der Waals surface area contributed by atoms with Gasteiger partial charge in [-0.1, -0.05) is 32.0 Å². The fourth-order valence-electron chi connectivity index (χ4n) is 2.48. The number of nitrogens with zero attached hydrogens (tertiary/aromatic N) is 4. The summed E-state index contributed by atoms with van der Waals surface area (Å²) in [6, 6.07) is 2.20. The third-order valence-corrected chi connectivity index (χ3v) is 6.24. The largest absolute Gasteiger partial charge is 0.302 e. The molecule has 0 bridgehead atoms. The fourth-order valence-corrected chi connectivity index (χ4v) is 4.76. The lowest BCUT2D eigenvalue weighted by Gasteiger charge is -2.07. The van der Waals surface area contributed by atoms with Crippen LogP contribution >= 0.6 is 34.4 Å². The van der Waals surface area contributed by atoms with Crippen molar-refractivity contribution in [2.24, 2.45) is 0 Å². The van der Waals surface area contributed by atoms with E-state index in [1.807, 2.05) is 5.38 Å². The van der Waals surface area contributed by atoms with Gasteiger partial charge in [-0.15, -0.1) is 32.9 Å². The van der Waals surface area contributed by atoms with E-state index in [0.29, 0.717) is 5.13 Å². The maximum atomic E-state index is 12.1. The molecule has 0 fully saturated rings. The SMILES string of the molecule is CCCc1cc(-c2nnc(SCC(=O)Nc3nccs3)n2CCC)cs1. The summed E-state index contributed by atoms with van der Waals surface area (Å²) in [4.78, 5) is 17.5. The van der Waals surface area contributed by atoms with E-state index in [4.69, 9.17) is 0 Å². The lowest BCUT2D eigenvalue weighted by molar-refractivity contribution is -0.113. The molecule has 0 saturated carbocycles. The zero-order valence-corrected chi connectivity index (χ0v) is 17.2. The second kappa shape index (κ2) is 9.29. The highest BCUT2D eigenvalue weighted by Gasteiger charge is 2.16. The first-order valence-corrected chi connectivity index (χ1v) is 11.3. The summed E-state index contributed by atoms with van der Waals surface area (Å²) < 4.78 is 2.11. The number of thiazole rings is 1. The summed E-state index contributed by atoms with van der Waals surface area (Å²) in [6.45, 7) is 5.14. The Hall–Kier alpha value is -1.71. The number of rotatable bonds is 9. The average molecular weight is 408 g/mol. The number of thiophene rings is 1. The van der Waals surface area contributed by atoms with E-state index in [9.17, 15) is 4.79 Å². The predicted molar refractivity (Wildman–Crippen MR) is 109 cm³/mol. The summed E-state index contributed by atoms with van der Waals surface area (Å²) in [5, 5.41) is 16.9. The molecule has 3 rings (SSSR count). The molecule has 0 saturated heterocycles. The Morgan fingerprint density at radius 2 is 2.15 bits per heavy atom. The van der Waals surface area contributed by atoms with Crippen molar-refractivity contribution >= 4 is 45.5 Å². The smallest absolute Gasteiger partial charge is 0.236 e. The standard InChI is InChI=1S/C17H21N5OS3/c1-3-5-13-9-12(10-25-13)15-20-21-17(22(15)7-4-2)26-11-14(23)19-16-18-6-8-24-16/h6,8-10H,3-5,7,11H2,1-2H3,(H,18,19,23). The average Bonchev–Trinajstić information content (AvgIpc) is 3.35. The second-order valence-corrected chi connectivity index (χ2v) is 8.52. The molecule has 0 unspecified atom stereocenters. The van der Waals surface area contributed by atoms with Gasteiger partial charge in [0.05, 0.1) is 5.75 Å². The topological polar surface area (TPSA) is 72.7 Å². The number of carbonyl (C=O) groups excluding carboxylic acids is 1. The van der Waals surface area contributed by atoms with Crippen molar-refractivity contribution in [3.8, 4) is 11.4 Å². The summed E-state index contributed by atoms with van der Waals surface area (Å²) in [6.07, 6.45) is 4.88. The van der Waals surface area contributed by atoms with Gasteiger partial charge in [-0.3, -0.25) is 4.79 Å². The predicted octanol–water partition coefficient (Wildman–Crippen LogP) is 4.56. The Morgan fingerprint density at radius 3 is 2.88 bits per heavy atom. The third kappa shape index (κ3) is 4.72. The van der Waals surface area contributed by atoms with Gasteiger partial charge in [0.1, 0.15) is 0 Å². The third-order valence-electron chi connectivity index (χ3n) is 3.58. The molecular weight excluding hydrogens is 386 g/mol. The second-order valence-electron chi connectivity index (χ2n) is 5.68. The number of aryl methyl sites for hydroxylation is 1. The van der Waals surface area contributed by atoms with Crippen LogP contribution in [-0.2, 0) is 17.8 Å². The molecule has 0 aliphatic heterocycles. The Bertz CT molecular complexity index is 841. The minimum atomic E-state index is -0.0849. The molecule has 6 nitrogen and oxygen atoms in total. The molecule has 0 aliphatic rings. The zero-order valence-electron chi connectivity index (χ0n) is 14.8. The van der Waals surface area contributed by atoms with Crippen LogP contribution in [0.3, 0.4) is 0 Å². The summed E-state index contributed by atoms with van der Waals surface area (Å²) >= 11 is 4.58. The van der Waals surface area contributed by atoms with Gasteiger partial charge >= 0.3 is 0 Å². The van der Waals surface area contributed by atoms with Crippen LogP contribution in [-0.4, -0.2) is 31.4 Å². The number of anilines is 1. The van der Waals surface area contributed by atoms with Crippen LogP contribution in [0.2, 0.25) is 0 Å². The summed E-state index contributed by atoms with van der Waals surface area (Å²) in [5.41, 5.74) is 1.11. The molecule has 0 aliphatic carbocycles. The van der Waals surface area contributed by atoms with Gasteiger partial charge in [0.2, 0.25) is 5.91 Å². The highest BCUT2D eigenvalue weighted by molar-refractivity contribution is 7.99. The van der Waals surface area contributed by atoms with Crippen molar-refractivity contribution in [3.63, 3.8) is 0 Å². The Balaban J connectivity index is 1.70. The highest BCUT2D eigenvalue weighted by atomic mass is 32.2. The van der Waals surface area contributed by atoms with E-state index in [2.05, 4.69) is 50.4 Å². The van der Waals surface area contributed by atoms with Crippen LogP contribution in [0, 0.1) is 0 Å². The van der Waals surface area contributed by atoms with Crippen molar-refractivity contribution in [1.29, 1.82) is 0 Å². The van der Waals surface area contributed by atoms with Gasteiger partial charge in [-0.2, -0.15) is 0 Å². The van der Waals surface area contributed by atoms with Crippen LogP contribution in [0.5, 0.6) is 0 Å². The normalized spacial score (nSPS) is 11.0. The van der Waals surface area contributed by atoms with E-state index in [1.165, 1.54) is 28.0 Å². The van der Waals surface area contributed by atoms with Gasteiger partial charge in [0, 0.05) is 33.9 Å². The number of carbonyl (C=O) groups is 1. The molecule has 138 valence electrons. The molecule has 0 aromatic carbocycles. The van der Waals surface area contributed by atoms with E-state index in [0.717, 1.165) is 42.4 Å². The van der Waals surface area contributed by atoms with Gasteiger partial charge in [0.25, 0.3) is 0 Å². The number of hydrogen-bond acceptors (Lipinski definition) is 7. The minimum Gasteiger partial charge on any atom is -0.302 e.